The van der Waals surface area contributed by atoms with Crippen LogP contribution in [0.1, 0.15) is 16.1 Å². The molecule has 0 radical (unpaired) electrons. The topological polar surface area (TPSA) is 70.1 Å². The molecule has 0 aliphatic heterocycles. The average Bonchev–Trinajstić information content (AvgIpc) is 2.64. The van der Waals surface area contributed by atoms with E-state index in [2.05, 4.69) is 9.84 Å². The van der Waals surface area contributed by atoms with E-state index in [-0.39, 0.29) is 5.97 Å². The molecule has 16 heavy (non-hydrogen) atoms. The van der Waals surface area contributed by atoms with E-state index in [4.69, 9.17) is 5.73 Å². The number of rotatable bonds is 2. The van der Waals surface area contributed by atoms with Crippen LogP contribution in [-0.4, -0.2) is 22.9 Å². The predicted molar refractivity (Wildman–Crippen MR) is 59.9 cm³/mol. The molecule has 5 nitrogen and oxygen atoms in total. The highest BCUT2D eigenvalue weighted by Gasteiger charge is 2.11. The van der Waals surface area contributed by atoms with Crippen molar-refractivity contribution in [1.82, 2.24) is 9.78 Å². The number of carbonyl (C=O) groups is 1. The smallest absolute Gasteiger partial charge is 0.337 e. The third-order valence-corrected chi connectivity index (χ3v) is 2.54. The lowest BCUT2D eigenvalue weighted by molar-refractivity contribution is 0.0601. The summed E-state index contributed by atoms with van der Waals surface area (Å²) in [6.45, 7) is 0.349. The SMILES string of the molecule is COC(=O)c1ccc2c(c1)c(CN)nn2C. The number of nitrogens with zero attached hydrogens (tertiary/aromatic N) is 2. The lowest BCUT2D eigenvalue weighted by atomic mass is 10.1. The predicted octanol–water partition coefficient (Wildman–Crippen LogP) is 0.819. The fraction of sp³-hybridized carbons (Fsp3) is 0.273. The first-order chi connectivity index (χ1) is 7.67. The maximum atomic E-state index is 11.4. The fourth-order valence-electron chi connectivity index (χ4n) is 1.73. The van der Waals surface area contributed by atoms with E-state index in [1.54, 1.807) is 16.8 Å². The summed E-state index contributed by atoms with van der Waals surface area (Å²) < 4.78 is 6.42. The minimum absolute atomic E-state index is 0.349. The summed E-state index contributed by atoms with van der Waals surface area (Å²) in [6.07, 6.45) is 0. The van der Waals surface area contributed by atoms with Crippen molar-refractivity contribution < 1.29 is 9.53 Å². The molecule has 1 heterocycles. The lowest BCUT2D eigenvalue weighted by Gasteiger charge is -2.00. The Morgan fingerprint density at radius 3 is 2.94 bits per heavy atom. The molecule has 0 aliphatic rings. The Kier molecular flexibility index (Phi) is 2.62. The van der Waals surface area contributed by atoms with E-state index in [1.165, 1.54) is 7.11 Å². The number of fused-ring (bicyclic) bond motifs is 1. The monoisotopic (exact) mass is 219 g/mol. The van der Waals surface area contributed by atoms with Gasteiger partial charge < -0.3 is 10.5 Å². The van der Waals surface area contributed by atoms with Crippen LogP contribution in [-0.2, 0) is 18.3 Å². The van der Waals surface area contributed by atoms with Gasteiger partial charge in [0.15, 0.2) is 0 Å². The number of aryl methyl sites for hydroxylation is 1. The maximum Gasteiger partial charge on any atom is 0.337 e. The van der Waals surface area contributed by atoms with E-state index in [0.29, 0.717) is 12.1 Å². The minimum Gasteiger partial charge on any atom is -0.465 e. The molecule has 2 rings (SSSR count). The van der Waals surface area contributed by atoms with Crippen LogP contribution in [0.25, 0.3) is 10.9 Å². The minimum atomic E-state index is -0.353. The van der Waals surface area contributed by atoms with Gasteiger partial charge in [0.25, 0.3) is 0 Å². The van der Waals surface area contributed by atoms with E-state index >= 15 is 0 Å². The first-order valence-electron chi connectivity index (χ1n) is 4.91. The highest BCUT2D eigenvalue weighted by atomic mass is 16.5. The second kappa shape index (κ2) is 3.94. The highest BCUT2D eigenvalue weighted by molar-refractivity contribution is 5.95. The third kappa shape index (κ3) is 1.55. The van der Waals surface area contributed by atoms with Gasteiger partial charge in [0.1, 0.15) is 0 Å². The van der Waals surface area contributed by atoms with E-state index in [0.717, 1.165) is 16.6 Å². The van der Waals surface area contributed by atoms with Crippen molar-refractivity contribution in [3.8, 4) is 0 Å². The van der Waals surface area contributed by atoms with Crippen LogP contribution in [0.3, 0.4) is 0 Å². The molecule has 2 aromatic rings. The van der Waals surface area contributed by atoms with Gasteiger partial charge in [-0.1, -0.05) is 0 Å². The first kappa shape index (κ1) is 10.6. The number of hydrogen-bond acceptors (Lipinski definition) is 4. The Balaban J connectivity index is 2.64. The van der Waals surface area contributed by atoms with Gasteiger partial charge in [0.2, 0.25) is 0 Å². The van der Waals surface area contributed by atoms with E-state index in [9.17, 15) is 4.79 Å². The van der Waals surface area contributed by atoms with Crippen LogP contribution in [0.4, 0.5) is 0 Å². The van der Waals surface area contributed by atoms with Crippen LogP contribution in [0.2, 0.25) is 0 Å². The largest absolute Gasteiger partial charge is 0.465 e. The number of esters is 1. The lowest BCUT2D eigenvalue weighted by Crippen LogP contribution is -2.01. The van der Waals surface area contributed by atoms with Gasteiger partial charge in [-0.25, -0.2) is 4.79 Å². The van der Waals surface area contributed by atoms with E-state index in [1.807, 2.05) is 13.1 Å². The summed E-state index contributed by atoms with van der Waals surface area (Å²) in [5.74, 6) is -0.353. The molecule has 1 aromatic heterocycles. The zero-order valence-corrected chi connectivity index (χ0v) is 9.23. The Hall–Kier alpha value is -1.88. The third-order valence-electron chi connectivity index (χ3n) is 2.54. The van der Waals surface area contributed by atoms with Gasteiger partial charge in [0.05, 0.1) is 23.9 Å². The zero-order valence-electron chi connectivity index (χ0n) is 9.23. The number of hydrogen-bond donors (Lipinski definition) is 1. The zero-order chi connectivity index (χ0) is 11.7. The summed E-state index contributed by atoms with van der Waals surface area (Å²) in [7, 11) is 3.21. The molecule has 0 saturated heterocycles. The molecule has 0 bridgehead atoms. The van der Waals surface area contributed by atoms with Crippen molar-refractivity contribution in [2.24, 2.45) is 12.8 Å². The summed E-state index contributed by atoms with van der Waals surface area (Å²) >= 11 is 0. The van der Waals surface area contributed by atoms with Crippen LogP contribution in [0.15, 0.2) is 18.2 Å². The number of benzene rings is 1. The quantitative estimate of drug-likeness (QED) is 0.759. The maximum absolute atomic E-state index is 11.4. The van der Waals surface area contributed by atoms with Gasteiger partial charge >= 0.3 is 5.97 Å². The number of methoxy groups -OCH3 is 1. The molecule has 0 amide bonds. The Bertz CT molecular complexity index is 545. The van der Waals surface area contributed by atoms with Crippen LogP contribution < -0.4 is 5.73 Å². The van der Waals surface area contributed by atoms with Gasteiger partial charge in [-0.05, 0) is 18.2 Å². The Labute approximate surface area is 92.8 Å². The Morgan fingerprint density at radius 1 is 1.56 bits per heavy atom. The molecule has 0 atom stereocenters. The molecule has 1 aromatic carbocycles. The first-order valence-corrected chi connectivity index (χ1v) is 4.91. The average molecular weight is 219 g/mol. The van der Waals surface area contributed by atoms with Crippen molar-refractivity contribution in [2.45, 2.75) is 6.54 Å². The standard InChI is InChI=1S/C11H13N3O2/c1-14-10-4-3-7(11(15)16-2)5-8(10)9(6-12)13-14/h3-5H,6,12H2,1-2H3. The molecule has 2 N–H and O–H groups in total. The van der Waals surface area contributed by atoms with Crippen molar-refractivity contribution in [3.05, 3.63) is 29.5 Å². The van der Waals surface area contributed by atoms with Crippen LogP contribution >= 0.6 is 0 Å². The fourth-order valence-corrected chi connectivity index (χ4v) is 1.73. The second-order valence-electron chi connectivity index (χ2n) is 3.50. The number of carbonyl (C=O) groups excluding carboxylic acids is 1. The number of aromatic nitrogens is 2. The highest BCUT2D eigenvalue weighted by Crippen LogP contribution is 2.19. The summed E-state index contributed by atoms with van der Waals surface area (Å²) in [4.78, 5) is 11.4. The van der Waals surface area contributed by atoms with E-state index < -0.39 is 0 Å². The summed E-state index contributed by atoms with van der Waals surface area (Å²) in [6, 6.07) is 5.32. The molecule has 0 aliphatic carbocycles. The molecule has 0 saturated carbocycles. The second-order valence-corrected chi connectivity index (χ2v) is 3.50. The van der Waals surface area contributed by atoms with Gasteiger partial charge in [-0.3, -0.25) is 4.68 Å². The van der Waals surface area contributed by atoms with Crippen LogP contribution in [0, 0.1) is 0 Å². The van der Waals surface area contributed by atoms with Crippen LogP contribution in [0.5, 0.6) is 0 Å². The Morgan fingerprint density at radius 2 is 2.31 bits per heavy atom. The molecule has 0 spiro atoms. The summed E-state index contributed by atoms with van der Waals surface area (Å²) in [5.41, 5.74) is 7.84. The molecular formula is C11H13N3O2. The van der Waals surface area contributed by atoms with Crippen molar-refractivity contribution in [3.63, 3.8) is 0 Å². The normalized spacial score (nSPS) is 10.7. The van der Waals surface area contributed by atoms with Gasteiger partial charge in [-0.2, -0.15) is 5.10 Å². The summed E-state index contributed by atoms with van der Waals surface area (Å²) in [5, 5.41) is 5.17. The molecular weight excluding hydrogens is 206 g/mol. The number of nitrogens with two attached hydrogens (primary N) is 1. The van der Waals surface area contributed by atoms with Crippen molar-refractivity contribution in [2.75, 3.05) is 7.11 Å². The number of ether oxygens (including phenoxy) is 1. The molecule has 84 valence electrons. The van der Waals surface area contributed by atoms with Crippen molar-refractivity contribution >= 4 is 16.9 Å². The molecule has 0 fully saturated rings. The molecule has 5 heteroatoms. The van der Waals surface area contributed by atoms with Gasteiger partial charge in [-0.15, -0.1) is 0 Å². The van der Waals surface area contributed by atoms with Gasteiger partial charge in [0, 0.05) is 19.0 Å². The van der Waals surface area contributed by atoms with Crippen molar-refractivity contribution in [1.29, 1.82) is 0 Å². The molecule has 0 unspecified atom stereocenters.